The van der Waals surface area contributed by atoms with Crippen molar-refractivity contribution in [3.05, 3.63) is 194 Å². The summed E-state index contributed by atoms with van der Waals surface area (Å²) in [7, 11) is 0. The van der Waals surface area contributed by atoms with Gasteiger partial charge in [-0.3, -0.25) is 0 Å². The normalized spacial score (nSPS) is 13.0. The van der Waals surface area contributed by atoms with Crippen LogP contribution in [-0.4, -0.2) is 0 Å². The van der Waals surface area contributed by atoms with Gasteiger partial charge in [0, 0.05) is 30.4 Å². The lowest BCUT2D eigenvalue weighted by Gasteiger charge is -2.36. The molecule has 0 N–H and O–H groups in total. The highest BCUT2D eigenvalue weighted by Crippen LogP contribution is 2.58. The van der Waals surface area contributed by atoms with Crippen LogP contribution in [0.4, 0.5) is 34.1 Å². The molecule has 0 saturated heterocycles. The predicted octanol–water partition coefficient (Wildman–Crippen LogP) is 15.2. The van der Waals surface area contributed by atoms with Gasteiger partial charge in [0.2, 0.25) is 0 Å². The third kappa shape index (κ3) is 4.84. The standard InChI is InChI=1S/C50H32N2S2/c1-3-17-33(18-4-1)47-35-21-15-28-42(52-39-25-9-13-31-45(39)54-46-32-14-10-26-40(46)52)50(35)48(34-19-5-2-6-20-34)36-22-16-27-41(49(36)47)51-37-23-7-11-29-43(37)53-44-30-12-8-24-38(44)51/h1-32H. The van der Waals surface area contributed by atoms with Crippen LogP contribution in [0.2, 0.25) is 0 Å². The van der Waals surface area contributed by atoms with Gasteiger partial charge in [0.1, 0.15) is 0 Å². The Morgan fingerprint density at radius 1 is 0.259 bits per heavy atom. The number of nitrogens with zero attached hydrogens (tertiary/aromatic N) is 2. The molecule has 2 aliphatic heterocycles. The van der Waals surface area contributed by atoms with E-state index in [0.29, 0.717) is 0 Å². The third-order valence-electron chi connectivity index (χ3n) is 10.6. The number of fused-ring (bicyclic) bond motifs is 6. The van der Waals surface area contributed by atoms with Crippen molar-refractivity contribution in [2.45, 2.75) is 19.6 Å². The molecule has 0 aliphatic carbocycles. The molecule has 0 radical (unpaired) electrons. The van der Waals surface area contributed by atoms with Crippen LogP contribution in [-0.2, 0) is 0 Å². The van der Waals surface area contributed by atoms with E-state index in [2.05, 4.69) is 204 Å². The first-order chi connectivity index (χ1) is 26.8. The molecular formula is C50H32N2S2. The van der Waals surface area contributed by atoms with E-state index in [1.807, 2.05) is 23.5 Å². The van der Waals surface area contributed by atoms with Crippen molar-refractivity contribution in [1.82, 2.24) is 0 Å². The fourth-order valence-corrected chi connectivity index (χ4v) is 10.5. The van der Waals surface area contributed by atoms with E-state index in [1.54, 1.807) is 0 Å². The summed E-state index contributed by atoms with van der Waals surface area (Å²) in [6, 6.07) is 71.1. The van der Waals surface area contributed by atoms with E-state index >= 15 is 0 Å². The second-order valence-corrected chi connectivity index (χ2v) is 15.8. The van der Waals surface area contributed by atoms with E-state index in [1.165, 1.54) is 97.5 Å². The predicted molar refractivity (Wildman–Crippen MR) is 230 cm³/mol. The number of para-hydroxylation sites is 4. The van der Waals surface area contributed by atoms with Crippen LogP contribution in [0, 0.1) is 0 Å². The summed E-state index contributed by atoms with van der Waals surface area (Å²) >= 11 is 3.69. The van der Waals surface area contributed by atoms with Crippen LogP contribution in [0.3, 0.4) is 0 Å². The molecule has 0 fully saturated rings. The van der Waals surface area contributed by atoms with E-state index < -0.39 is 0 Å². The van der Waals surface area contributed by atoms with Gasteiger partial charge in [-0.2, -0.15) is 0 Å². The summed E-state index contributed by atoms with van der Waals surface area (Å²) in [6.07, 6.45) is 0. The maximum Gasteiger partial charge on any atom is 0.0601 e. The maximum absolute atomic E-state index is 2.49. The minimum absolute atomic E-state index is 1.17. The Balaban J connectivity index is 1.33. The molecule has 9 aromatic rings. The molecule has 0 saturated carbocycles. The Labute approximate surface area is 323 Å². The Hall–Kier alpha value is -6.20. The number of anilines is 6. The van der Waals surface area contributed by atoms with Crippen LogP contribution >= 0.6 is 23.5 Å². The topological polar surface area (TPSA) is 6.48 Å². The van der Waals surface area contributed by atoms with Crippen LogP contribution in [0.5, 0.6) is 0 Å². The Morgan fingerprint density at radius 3 is 0.907 bits per heavy atom. The van der Waals surface area contributed by atoms with Crippen LogP contribution < -0.4 is 9.80 Å². The van der Waals surface area contributed by atoms with Gasteiger partial charge in [-0.1, -0.05) is 157 Å². The molecule has 0 amide bonds. The second-order valence-electron chi connectivity index (χ2n) is 13.6. The van der Waals surface area contributed by atoms with Crippen molar-refractivity contribution in [3.63, 3.8) is 0 Å². The summed E-state index contributed by atoms with van der Waals surface area (Å²) in [6.45, 7) is 0. The van der Waals surface area contributed by atoms with Gasteiger partial charge in [-0.25, -0.2) is 0 Å². The smallest absolute Gasteiger partial charge is 0.0601 e. The highest BCUT2D eigenvalue weighted by atomic mass is 32.2. The van der Waals surface area contributed by atoms with Crippen molar-refractivity contribution in [2.24, 2.45) is 0 Å². The zero-order valence-corrected chi connectivity index (χ0v) is 30.8. The Kier molecular flexibility index (Phi) is 7.39. The lowest BCUT2D eigenvalue weighted by molar-refractivity contribution is 1.17. The van der Waals surface area contributed by atoms with Gasteiger partial charge < -0.3 is 9.80 Å². The van der Waals surface area contributed by atoms with Gasteiger partial charge in [0.25, 0.3) is 0 Å². The fraction of sp³-hybridized carbons (Fsp3) is 0. The van der Waals surface area contributed by atoms with Crippen molar-refractivity contribution < 1.29 is 0 Å². The minimum atomic E-state index is 1.17. The van der Waals surface area contributed by atoms with E-state index in [-0.39, 0.29) is 0 Å². The lowest BCUT2D eigenvalue weighted by Crippen LogP contribution is -2.16. The zero-order chi connectivity index (χ0) is 35.6. The summed E-state index contributed by atoms with van der Waals surface area (Å²) in [5.41, 5.74) is 12.0. The summed E-state index contributed by atoms with van der Waals surface area (Å²) in [5.74, 6) is 0. The molecule has 54 heavy (non-hydrogen) atoms. The molecule has 0 spiro atoms. The first-order valence-corrected chi connectivity index (χ1v) is 19.9. The van der Waals surface area contributed by atoms with Crippen molar-refractivity contribution in [2.75, 3.05) is 9.80 Å². The fourth-order valence-electron chi connectivity index (χ4n) is 8.40. The number of benzene rings is 9. The van der Waals surface area contributed by atoms with Gasteiger partial charge >= 0.3 is 0 Å². The molecule has 2 heterocycles. The van der Waals surface area contributed by atoms with Crippen molar-refractivity contribution >= 4 is 79.2 Å². The SMILES string of the molecule is c1ccc(-c2c3cccc(N4c5ccccc5Sc5ccccc54)c3c(-c3ccccc3)c3cccc(N4c5ccccc5Sc5ccccc54)c23)cc1. The molecule has 2 aliphatic rings. The molecule has 11 rings (SSSR count). The first kappa shape index (κ1) is 31.3. The number of hydrogen-bond donors (Lipinski definition) is 0. The Bertz CT molecular complexity index is 2610. The zero-order valence-electron chi connectivity index (χ0n) is 29.2. The first-order valence-electron chi connectivity index (χ1n) is 18.3. The molecule has 4 heteroatoms. The molecular weight excluding hydrogens is 693 g/mol. The van der Waals surface area contributed by atoms with Gasteiger partial charge in [0.15, 0.2) is 0 Å². The monoisotopic (exact) mass is 724 g/mol. The van der Waals surface area contributed by atoms with Crippen LogP contribution in [0.25, 0.3) is 43.8 Å². The Morgan fingerprint density at radius 2 is 0.556 bits per heavy atom. The van der Waals surface area contributed by atoms with Crippen LogP contribution in [0.15, 0.2) is 214 Å². The van der Waals surface area contributed by atoms with E-state index in [0.717, 1.165) is 0 Å². The summed E-state index contributed by atoms with van der Waals surface area (Å²) in [4.78, 5) is 9.99. The highest BCUT2D eigenvalue weighted by Gasteiger charge is 2.31. The van der Waals surface area contributed by atoms with Crippen molar-refractivity contribution in [1.29, 1.82) is 0 Å². The lowest BCUT2D eigenvalue weighted by atomic mass is 9.84. The van der Waals surface area contributed by atoms with E-state index in [9.17, 15) is 0 Å². The molecule has 9 aromatic carbocycles. The van der Waals surface area contributed by atoms with E-state index in [4.69, 9.17) is 0 Å². The summed E-state index contributed by atoms with van der Waals surface area (Å²) < 4.78 is 0. The quantitative estimate of drug-likeness (QED) is 0.167. The number of hydrogen-bond acceptors (Lipinski definition) is 4. The van der Waals surface area contributed by atoms with Crippen molar-refractivity contribution in [3.8, 4) is 22.3 Å². The van der Waals surface area contributed by atoms with Gasteiger partial charge in [-0.05, 0) is 93.7 Å². The summed E-state index contributed by atoms with van der Waals surface area (Å²) in [5, 5.41) is 4.91. The molecule has 0 atom stereocenters. The average Bonchev–Trinajstić information content (AvgIpc) is 3.24. The largest absolute Gasteiger partial charge is 0.308 e. The van der Waals surface area contributed by atoms with Gasteiger partial charge in [-0.15, -0.1) is 0 Å². The third-order valence-corrected chi connectivity index (χ3v) is 12.9. The molecule has 0 aromatic heterocycles. The molecule has 0 bridgehead atoms. The average molecular weight is 725 g/mol. The van der Waals surface area contributed by atoms with Crippen LogP contribution in [0.1, 0.15) is 0 Å². The number of rotatable bonds is 4. The minimum Gasteiger partial charge on any atom is -0.308 e. The highest BCUT2D eigenvalue weighted by molar-refractivity contribution is 8.00. The van der Waals surface area contributed by atoms with Gasteiger partial charge in [0.05, 0.1) is 34.1 Å². The molecule has 0 unspecified atom stereocenters. The maximum atomic E-state index is 2.49. The molecule has 254 valence electrons. The second kappa shape index (κ2) is 12.7. The molecule has 2 nitrogen and oxygen atoms in total.